The van der Waals surface area contributed by atoms with Crippen molar-refractivity contribution in [2.75, 3.05) is 5.32 Å². The first-order valence-electron chi connectivity index (χ1n) is 13.2. The standard InChI is InChI=1S/C29H39BN2O5/c1-27(2,3)35-26(34)20-11-14-22(15-12-20)32-25(33)23(17-19-9-8-10-19)24-16-13-21(18-31-24)30-36-28(4,5)29(6,7)37-30/h11-16,18-19,23H,8-10,17H2,1-7H3,(H,32,33). The van der Waals surface area contributed by atoms with Crippen LogP contribution in [0.4, 0.5) is 5.69 Å². The lowest BCUT2D eigenvalue weighted by atomic mass is 9.77. The molecule has 8 heteroatoms. The molecule has 1 aromatic carbocycles. The number of aromatic nitrogens is 1. The summed E-state index contributed by atoms with van der Waals surface area (Å²) in [5, 5.41) is 3.02. The number of hydrogen-bond donors (Lipinski definition) is 1. The zero-order valence-corrected chi connectivity index (χ0v) is 23.1. The van der Waals surface area contributed by atoms with Gasteiger partial charge < -0.3 is 19.4 Å². The number of amides is 1. The number of hydrogen-bond acceptors (Lipinski definition) is 6. The van der Waals surface area contributed by atoms with Gasteiger partial charge in [0, 0.05) is 17.3 Å². The van der Waals surface area contributed by atoms with Gasteiger partial charge in [0.2, 0.25) is 5.91 Å². The summed E-state index contributed by atoms with van der Waals surface area (Å²) < 4.78 is 17.7. The van der Waals surface area contributed by atoms with Gasteiger partial charge in [0.25, 0.3) is 0 Å². The van der Waals surface area contributed by atoms with Crippen molar-refractivity contribution in [1.29, 1.82) is 0 Å². The van der Waals surface area contributed by atoms with E-state index in [-0.39, 0.29) is 17.8 Å². The summed E-state index contributed by atoms with van der Waals surface area (Å²) in [6.07, 6.45) is 6.00. The minimum Gasteiger partial charge on any atom is -0.456 e. The van der Waals surface area contributed by atoms with E-state index in [1.807, 2.05) is 60.6 Å². The average Bonchev–Trinajstić information content (AvgIpc) is 2.99. The average molecular weight is 506 g/mol. The molecule has 1 unspecified atom stereocenters. The van der Waals surface area contributed by atoms with Crippen LogP contribution >= 0.6 is 0 Å². The van der Waals surface area contributed by atoms with Crippen molar-refractivity contribution in [1.82, 2.24) is 4.98 Å². The van der Waals surface area contributed by atoms with E-state index in [9.17, 15) is 9.59 Å². The lowest BCUT2D eigenvalue weighted by Gasteiger charge is -2.32. The SMILES string of the molecule is CC(C)(C)OC(=O)c1ccc(NC(=O)C(CC2CCC2)c2ccc(B3OC(C)(C)C(C)(C)O3)cn2)cc1. The summed E-state index contributed by atoms with van der Waals surface area (Å²) in [6.45, 7) is 13.6. The summed E-state index contributed by atoms with van der Waals surface area (Å²) in [6, 6.07) is 10.7. The summed E-state index contributed by atoms with van der Waals surface area (Å²) in [4.78, 5) is 30.4. The van der Waals surface area contributed by atoms with Crippen molar-refractivity contribution in [2.45, 2.75) is 96.9 Å². The Hall–Kier alpha value is -2.71. The fraction of sp³-hybridized carbons (Fsp3) is 0.552. The van der Waals surface area contributed by atoms with Gasteiger partial charge in [-0.1, -0.05) is 25.3 Å². The molecule has 2 fully saturated rings. The fourth-order valence-corrected chi connectivity index (χ4v) is 4.42. The third-order valence-corrected chi connectivity index (χ3v) is 7.59. The molecule has 37 heavy (non-hydrogen) atoms. The number of anilines is 1. The Morgan fingerprint density at radius 2 is 1.68 bits per heavy atom. The first kappa shape index (κ1) is 27.3. The highest BCUT2D eigenvalue weighted by Gasteiger charge is 2.51. The second-order valence-corrected chi connectivity index (χ2v) is 12.3. The maximum Gasteiger partial charge on any atom is 0.496 e. The van der Waals surface area contributed by atoms with Gasteiger partial charge in [-0.15, -0.1) is 0 Å². The quantitative estimate of drug-likeness (QED) is 0.408. The molecule has 1 saturated carbocycles. The van der Waals surface area contributed by atoms with Crippen LogP contribution in [0.15, 0.2) is 42.6 Å². The number of rotatable bonds is 7. The Balaban J connectivity index is 1.47. The Morgan fingerprint density at radius 1 is 1.05 bits per heavy atom. The number of nitrogens with zero attached hydrogens (tertiary/aromatic N) is 1. The van der Waals surface area contributed by atoms with E-state index in [4.69, 9.17) is 14.0 Å². The maximum absolute atomic E-state index is 13.4. The molecule has 2 aliphatic rings. The van der Waals surface area contributed by atoms with Crippen molar-refractivity contribution in [3.63, 3.8) is 0 Å². The number of benzene rings is 1. The molecule has 1 aliphatic carbocycles. The number of pyridine rings is 1. The molecular weight excluding hydrogens is 467 g/mol. The smallest absolute Gasteiger partial charge is 0.456 e. The van der Waals surface area contributed by atoms with Crippen molar-refractivity contribution < 1.29 is 23.6 Å². The molecule has 2 heterocycles. The van der Waals surface area contributed by atoms with Crippen molar-refractivity contribution in [2.24, 2.45) is 5.92 Å². The van der Waals surface area contributed by atoms with Gasteiger partial charge in [0.05, 0.1) is 28.4 Å². The number of carbonyl (C=O) groups is 2. The zero-order valence-electron chi connectivity index (χ0n) is 23.1. The maximum atomic E-state index is 13.4. The van der Waals surface area contributed by atoms with E-state index in [0.29, 0.717) is 17.2 Å². The third kappa shape index (κ3) is 6.42. The van der Waals surface area contributed by atoms with Crippen LogP contribution < -0.4 is 10.8 Å². The van der Waals surface area contributed by atoms with E-state index in [0.717, 1.165) is 30.4 Å². The van der Waals surface area contributed by atoms with Crippen LogP contribution in [0.1, 0.15) is 96.1 Å². The number of carbonyl (C=O) groups excluding carboxylic acids is 2. The van der Waals surface area contributed by atoms with Crippen molar-refractivity contribution in [3.05, 3.63) is 53.9 Å². The van der Waals surface area contributed by atoms with Gasteiger partial charge in [-0.2, -0.15) is 0 Å². The first-order valence-corrected chi connectivity index (χ1v) is 13.2. The van der Waals surface area contributed by atoms with Gasteiger partial charge in [-0.3, -0.25) is 9.78 Å². The number of esters is 1. The molecule has 1 saturated heterocycles. The van der Waals surface area contributed by atoms with E-state index in [1.54, 1.807) is 30.5 Å². The molecule has 1 N–H and O–H groups in total. The molecule has 2 aromatic rings. The molecule has 1 aliphatic heterocycles. The molecule has 0 bridgehead atoms. The van der Waals surface area contributed by atoms with Crippen molar-refractivity contribution >= 4 is 30.1 Å². The van der Waals surface area contributed by atoms with Gasteiger partial charge in [0.1, 0.15) is 5.60 Å². The van der Waals surface area contributed by atoms with Gasteiger partial charge in [-0.05, 0) is 91.1 Å². The fourth-order valence-electron chi connectivity index (χ4n) is 4.42. The highest BCUT2D eigenvalue weighted by molar-refractivity contribution is 6.62. The van der Waals surface area contributed by atoms with Crippen LogP contribution in [0, 0.1) is 5.92 Å². The Kier molecular flexibility index (Phi) is 7.55. The van der Waals surface area contributed by atoms with Crippen LogP contribution in [-0.2, 0) is 18.8 Å². The predicted molar refractivity (Wildman–Crippen MR) is 145 cm³/mol. The topological polar surface area (TPSA) is 86.8 Å². The highest BCUT2D eigenvalue weighted by atomic mass is 16.7. The first-order chi connectivity index (χ1) is 17.2. The summed E-state index contributed by atoms with van der Waals surface area (Å²) in [5.41, 5.74) is 1.22. The number of ether oxygens (including phenoxy) is 1. The van der Waals surface area contributed by atoms with E-state index in [2.05, 4.69) is 10.3 Å². The van der Waals surface area contributed by atoms with Gasteiger partial charge >= 0.3 is 13.1 Å². The van der Waals surface area contributed by atoms with Crippen molar-refractivity contribution in [3.8, 4) is 0 Å². The third-order valence-electron chi connectivity index (χ3n) is 7.59. The molecule has 7 nitrogen and oxygen atoms in total. The van der Waals surface area contributed by atoms with Gasteiger partial charge in [0.15, 0.2) is 0 Å². The van der Waals surface area contributed by atoms with Crippen LogP contribution in [0.25, 0.3) is 0 Å². The molecule has 1 aromatic heterocycles. The van der Waals surface area contributed by atoms with Crippen LogP contribution in [0.2, 0.25) is 0 Å². The molecule has 0 radical (unpaired) electrons. The molecule has 0 spiro atoms. The largest absolute Gasteiger partial charge is 0.496 e. The molecular formula is C29H39BN2O5. The summed E-state index contributed by atoms with van der Waals surface area (Å²) in [5.74, 6) is -0.342. The summed E-state index contributed by atoms with van der Waals surface area (Å²) in [7, 11) is -0.492. The molecule has 4 rings (SSSR count). The molecule has 198 valence electrons. The molecule has 1 atom stereocenters. The van der Waals surface area contributed by atoms with Gasteiger partial charge in [-0.25, -0.2) is 4.79 Å². The Bertz CT molecular complexity index is 1100. The number of nitrogens with one attached hydrogen (secondary N) is 1. The van der Waals surface area contributed by atoms with E-state index in [1.165, 1.54) is 6.42 Å². The minimum atomic E-state index is -0.566. The second kappa shape index (κ2) is 10.2. The normalized spacial score (nSPS) is 19.7. The molecule has 1 amide bonds. The monoisotopic (exact) mass is 506 g/mol. The summed E-state index contributed by atoms with van der Waals surface area (Å²) >= 11 is 0. The predicted octanol–water partition coefficient (Wildman–Crippen LogP) is 5.25. The second-order valence-electron chi connectivity index (χ2n) is 12.3. The zero-order chi connectivity index (χ0) is 27.0. The van der Waals surface area contributed by atoms with Crippen LogP contribution in [-0.4, -0.2) is 40.8 Å². The minimum absolute atomic E-state index is 0.104. The van der Waals surface area contributed by atoms with E-state index >= 15 is 0 Å². The van der Waals surface area contributed by atoms with Crippen LogP contribution in [0.5, 0.6) is 0 Å². The lowest BCUT2D eigenvalue weighted by Crippen LogP contribution is -2.41. The Morgan fingerprint density at radius 3 is 2.16 bits per heavy atom. The van der Waals surface area contributed by atoms with Crippen LogP contribution in [0.3, 0.4) is 0 Å². The lowest BCUT2D eigenvalue weighted by molar-refractivity contribution is -0.118. The van der Waals surface area contributed by atoms with E-state index < -0.39 is 23.9 Å². The highest BCUT2D eigenvalue weighted by Crippen LogP contribution is 2.37. The Labute approximate surface area is 220 Å².